The van der Waals surface area contributed by atoms with E-state index in [0.717, 1.165) is 75.0 Å². The highest BCUT2D eigenvalue weighted by molar-refractivity contribution is 5.79. The summed E-state index contributed by atoms with van der Waals surface area (Å²) in [5.74, 6) is 0.636. The molecule has 7 heteroatoms. The van der Waals surface area contributed by atoms with Crippen LogP contribution >= 0.6 is 0 Å². The molecule has 3 aliphatic rings. The minimum absolute atomic E-state index is 0.240. The maximum absolute atomic E-state index is 13.2. The van der Waals surface area contributed by atoms with E-state index in [1.165, 1.54) is 38.8 Å². The summed E-state index contributed by atoms with van der Waals surface area (Å²) in [7, 11) is 0. The number of aryl methyl sites for hydroxylation is 1. The number of pyridine rings is 1. The van der Waals surface area contributed by atoms with Crippen LogP contribution in [0, 0.1) is 5.92 Å². The van der Waals surface area contributed by atoms with Crippen LogP contribution < -0.4 is 4.90 Å². The molecule has 1 amide bonds. The summed E-state index contributed by atoms with van der Waals surface area (Å²) in [5, 5.41) is 4.58. The lowest BCUT2D eigenvalue weighted by atomic mass is 9.84. The van der Waals surface area contributed by atoms with Crippen molar-refractivity contribution in [1.29, 1.82) is 0 Å². The lowest BCUT2D eigenvalue weighted by Gasteiger charge is -2.39. The molecule has 5 rings (SSSR count). The molecule has 184 valence electrons. The highest BCUT2D eigenvalue weighted by atomic mass is 16.2. The van der Waals surface area contributed by atoms with E-state index in [-0.39, 0.29) is 5.92 Å². The highest BCUT2D eigenvalue weighted by Gasteiger charge is 2.33. The van der Waals surface area contributed by atoms with Gasteiger partial charge in [0.1, 0.15) is 0 Å². The number of rotatable bonds is 7. The molecule has 1 saturated carbocycles. The van der Waals surface area contributed by atoms with E-state index in [4.69, 9.17) is 4.98 Å². The predicted molar refractivity (Wildman–Crippen MR) is 135 cm³/mol. The summed E-state index contributed by atoms with van der Waals surface area (Å²) in [5.41, 5.74) is 3.34. The fraction of sp³-hybridized carbons (Fsp3) is 0.667. The van der Waals surface area contributed by atoms with Crippen molar-refractivity contribution in [2.45, 2.75) is 70.9 Å². The Morgan fingerprint density at radius 1 is 0.971 bits per heavy atom. The SMILES string of the molecule is CCCc1cccc(Cn2cc(N3CCN(C(=O)[C@H]4CC[C@H](N5CCCC5)CC4)CC3)cn2)n1. The molecule has 34 heavy (non-hydrogen) atoms. The van der Waals surface area contributed by atoms with Crippen molar-refractivity contribution < 1.29 is 4.79 Å². The van der Waals surface area contributed by atoms with E-state index in [1.54, 1.807) is 0 Å². The lowest BCUT2D eigenvalue weighted by Crippen LogP contribution is -2.51. The van der Waals surface area contributed by atoms with Crippen molar-refractivity contribution in [2.24, 2.45) is 5.92 Å². The van der Waals surface area contributed by atoms with Crippen molar-refractivity contribution in [2.75, 3.05) is 44.2 Å². The molecule has 0 N–H and O–H groups in total. The summed E-state index contributed by atoms with van der Waals surface area (Å²) >= 11 is 0. The zero-order valence-corrected chi connectivity index (χ0v) is 20.7. The number of carbonyl (C=O) groups excluding carboxylic acids is 1. The van der Waals surface area contributed by atoms with Gasteiger partial charge in [-0.2, -0.15) is 5.10 Å². The fourth-order valence-electron chi connectivity index (χ4n) is 6.02. The molecule has 2 saturated heterocycles. The largest absolute Gasteiger partial charge is 0.365 e. The van der Waals surface area contributed by atoms with Crippen LogP contribution in [-0.2, 0) is 17.8 Å². The molecule has 1 aliphatic carbocycles. The van der Waals surface area contributed by atoms with Gasteiger partial charge in [-0.3, -0.25) is 14.5 Å². The first-order valence-corrected chi connectivity index (χ1v) is 13.4. The zero-order chi connectivity index (χ0) is 23.3. The number of aromatic nitrogens is 3. The molecule has 0 atom stereocenters. The van der Waals surface area contributed by atoms with Gasteiger partial charge in [0.2, 0.25) is 5.91 Å². The first-order valence-electron chi connectivity index (χ1n) is 13.4. The second-order valence-electron chi connectivity index (χ2n) is 10.3. The number of carbonyl (C=O) groups is 1. The third kappa shape index (κ3) is 5.45. The number of hydrogen-bond donors (Lipinski definition) is 0. The molecule has 0 spiro atoms. The average Bonchev–Trinajstić information content (AvgIpc) is 3.57. The van der Waals surface area contributed by atoms with Crippen LogP contribution in [0.3, 0.4) is 0 Å². The summed E-state index contributed by atoms with van der Waals surface area (Å²) in [6.45, 7) is 8.80. The molecule has 4 heterocycles. The van der Waals surface area contributed by atoms with Crippen molar-refractivity contribution in [3.05, 3.63) is 42.0 Å². The summed E-state index contributed by atoms with van der Waals surface area (Å²) in [4.78, 5) is 25.1. The molecule has 2 aliphatic heterocycles. The Labute approximate surface area is 204 Å². The van der Waals surface area contributed by atoms with Crippen LogP contribution in [-0.4, -0.2) is 75.8 Å². The van der Waals surface area contributed by atoms with Gasteiger partial charge >= 0.3 is 0 Å². The van der Waals surface area contributed by atoms with Gasteiger partial charge < -0.3 is 14.7 Å². The molecule has 2 aromatic rings. The number of hydrogen-bond acceptors (Lipinski definition) is 5. The molecule has 7 nitrogen and oxygen atoms in total. The predicted octanol–water partition coefficient (Wildman–Crippen LogP) is 3.58. The number of likely N-dealkylation sites (tertiary alicyclic amines) is 1. The topological polar surface area (TPSA) is 57.5 Å². The number of anilines is 1. The van der Waals surface area contributed by atoms with Crippen LogP contribution in [0.4, 0.5) is 5.69 Å². The van der Waals surface area contributed by atoms with Gasteiger partial charge in [0.15, 0.2) is 0 Å². The minimum atomic E-state index is 0.240. The average molecular weight is 465 g/mol. The molecular formula is C27H40N6O. The molecule has 3 fully saturated rings. The smallest absolute Gasteiger partial charge is 0.225 e. The maximum Gasteiger partial charge on any atom is 0.225 e. The Balaban J connectivity index is 1.09. The third-order valence-electron chi connectivity index (χ3n) is 7.97. The van der Waals surface area contributed by atoms with Crippen molar-refractivity contribution in [1.82, 2.24) is 24.6 Å². The summed E-state index contributed by atoms with van der Waals surface area (Å²) < 4.78 is 1.98. The molecular weight excluding hydrogens is 424 g/mol. The van der Waals surface area contributed by atoms with Gasteiger partial charge in [-0.05, 0) is 70.2 Å². The quantitative estimate of drug-likeness (QED) is 0.627. The molecule has 0 radical (unpaired) electrons. The van der Waals surface area contributed by atoms with Crippen molar-refractivity contribution in [3.8, 4) is 0 Å². The first kappa shape index (κ1) is 23.3. The molecule has 0 bridgehead atoms. The van der Waals surface area contributed by atoms with Crippen LogP contribution in [0.1, 0.15) is 63.3 Å². The van der Waals surface area contributed by atoms with E-state index in [9.17, 15) is 4.79 Å². The van der Waals surface area contributed by atoms with E-state index in [1.807, 2.05) is 10.9 Å². The van der Waals surface area contributed by atoms with Crippen LogP contribution in [0.2, 0.25) is 0 Å². The number of piperazine rings is 1. The Bertz CT molecular complexity index is 936. The van der Waals surface area contributed by atoms with Gasteiger partial charge in [0.05, 0.1) is 24.1 Å². The first-order chi connectivity index (χ1) is 16.7. The van der Waals surface area contributed by atoms with E-state index >= 15 is 0 Å². The lowest BCUT2D eigenvalue weighted by molar-refractivity contribution is -0.137. The van der Waals surface area contributed by atoms with Crippen molar-refractivity contribution >= 4 is 11.6 Å². The Morgan fingerprint density at radius 2 is 1.71 bits per heavy atom. The zero-order valence-electron chi connectivity index (χ0n) is 20.7. The summed E-state index contributed by atoms with van der Waals surface area (Å²) in [6, 6.07) is 6.99. The summed E-state index contributed by atoms with van der Waals surface area (Å²) in [6.07, 6.45) is 13.4. The van der Waals surface area contributed by atoms with E-state index in [0.29, 0.717) is 12.5 Å². The number of nitrogens with zero attached hydrogens (tertiary/aromatic N) is 6. The minimum Gasteiger partial charge on any atom is -0.365 e. The molecule has 0 unspecified atom stereocenters. The fourth-order valence-corrected chi connectivity index (χ4v) is 6.02. The van der Waals surface area contributed by atoms with Gasteiger partial charge in [-0.1, -0.05) is 19.4 Å². The normalized spacial score (nSPS) is 24.0. The van der Waals surface area contributed by atoms with Crippen LogP contribution in [0.5, 0.6) is 0 Å². The standard InChI is InChI=1S/C27H40N6O/c1-2-6-23-7-5-8-24(29-23)20-33-21-26(19-28-33)31-15-17-32(18-16-31)27(34)22-9-11-25(12-10-22)30-13-3-4-14-30/h5,7-8,19,21-22,25H,2-4,6,9-18,20H2,1H3/t22-,25-. The van der Waals surface area contributed by atoms with Crippen LogP contribution in [0.25, 0.3) is 0 Å². The Hall–Kier alpha value is -2.41. The third-order valence-corrected chi connectivity index (χ3v) is 7.97. The van der Waals surface area contributed by atoms with Gasteiger partial charge in [0.25, 0.3) is 0 Å². The van der Waals surface area contributed by atoms with Gasteiger partial charge in [-0.15, -0.1) is 0 Å². The van der Waals surface area contributed by atoms with E-state index in [2.05, 4.69) is 51.1 Å². The maximum atomic E-state index is 13.2. The van der Waals surface area contributed by atoms with Gasteiger partial charge in [-0.25, -0.2) is 0 Å². The second kappa shape index (κ2) is 10.9. The molecule has 2 aromatic heterocycles. The van der Waals surface area contributed by atoms with Crippen molar-refractivity contribution in [3.63, 3.8) is 0 Å². The Kier molecular flexibility index (Phi) is 7.48. The molecule has 0 aromatic carbocycles. The van der Waals surface area contributed by atoms with Gasteiger partial charge in [0, 0.05) is 50.0 Å². The van der Waals surface area contributed by atoms with E-state index < -0.39 is 0 Å². The van der Waals surface area contributed by atoms with Crippen LogP contribution in [0.15, 0.2) is 30.6 Å². The monoisotopic (exact) mass is 464 g/mol. The second-order valence-corrected chi connectivity index (χ2v) is 10.3. The highest BCUT2D eigenvalue weighted by Crippen LogP contribution is 2.31. The number of amides is 1. The Morgan fingerprint density at radius 3 is 2.44 bits per heavy atom.